The second-order valence-electron chi connectivity index (χ2n) is 5.05. The van der Waals surface area contributed by atoms with Crippen molar-refractivity contribution in [2.45, 2.75) is 44.2 Å². The molecule has 1 atom stereocenters. The van der Waals surface area contributed by atoms with Crippen LogP contribution in [0.4, 0.5) is 0 Å². The van der Waals surface area contributed by atoms with Gasteiger partial charge in [-0.2, -0.15) is 0 Å². The SMILES string of the molecule is CCOC1(C(NN)c2ccccc2OC)CCCC1. The van der Waals surface area contributed by atoms with E-state index < -0.39 is 0 Å². The molecule has 0 spiro atoms. The Morgan fingerprint density at radius 1 is 1.32 bits per heavy atom. The molecule has 0 saturated heterocycles. The lowest BCUT2D eigenvalue weighted by Crippen LogP contribution is -2.47. The molecule has 0 amide bonds. The van der Waals surface area contributed by atoms with Crippen LogP contribution in [0.1, 0.15) is 44.2 Å². The highest BCUT2D eigenvalue weighted by molar-refractivity contribution is 5.37. The molecule has 0 radical (unpaired) electrons. The first-order valence-electron chi connectivity index (χ1n) is 7.00. The Bertz CT molecular complexity index is 403. The lowest BCUT2D eigenvalue weighted by Gasteiger charge is -2.37. The van der Waals surface area contributed by atoms with E-state index in [4.69, 9.17) is 15.3 Å². The Hall–Kier alpha value is -1.10. The summed E-state index contributed by atoms with van der Waals surface area (Å²) in [6, 6.07) is 7.97. The Labute approximate surface area is 115 Å². The normalized spacial score (nSPS) is 19.3. The number of hydrogen-bond donors (Lipinski definition) is 2. The zero-order chi connectivity index (χ0) is 13.7. The lowest BCUT2D eigenvalue weighted by molar-refractivity contribution is -0.0631. The minimum atomic E-state index is -0.210. The van der Waals surface area contributed by atoms with Crippen LogP contribution >= 0.6 is 0 Å². The van der Waals surface area contributed by atoms with Gasteiger partial charge < -0.3 is 9.47 Å². The van der Waals surface area contributed by atoms with Crippen molar-refractivity contribution in [1.29, 1.82) is 0 Å². The largest absolute Gasteiger partial charge is 0.496 e. The highest BCUT2D eigenvalue weighted by Crippen LogP contribution is 2.44. The van der Waals surface area contributed by atoms with E-state index >= 15 is 0 Å². The van der Waals surface area contributed by atoms with Gasteiger partial charge in [0.1, 0.15) is 5.75 Å². The first kappa shape index (κ1) is 14.3. The monoisotopic (exact) mass is 264 g/mol. The Morgan fingerprint density at radius 2 is 2.00 bits per heavy atom. The second kappa shape index (κ2) is 6.37. The van der Waals surface area contributed by atoms with Crippen molar-refractivity contribution in [2.24, 2.45) is 5.84 Å². The summed E-state index contributed by atoms with van der Waals surface area (Å²) in [4.78, 5) is 0. The number of nitrogens with two attached hydrogens (primary N) is 1. The molecule has 1 aliphatic rings. The van der Waals surface area contributed by atoms with E-state index in [1.165, 1.54) is 12.8 Å². The van der Waals surface area contributed by atoms with E-state index in [-0.39, 0.29) is 11.6 Å². The van der Waals surface area contributed by atoms with Crippen LogP contribution in [0.3, 0.4) is 0 Å². The van der Waals surface area contributed by atoms with Gasteiger partial charge >= 0.3 is 0 Å². The molecule has 0 aliphatic heterocycles. The van der Waals surface area contributed by atoms with Crippen molar-refractivity contribution in [1.82, 2.24) is 5.43 Å². The highest BCUT2D eigenvalue weighted by atomic mass is 16.5. The van der Waals surface area contributed by atoms with Gasteiger partial charge in [0.15, 0.2) is 0 Å². The summed E-state index contributed by atoms with van der Waals surface area (Å²) in [5.41, 5.74) is 3.82. The minimum Gasteiger partial charge on any atom is -0.496 e. The van der Waals surface area contributed by atoms with Gasteiger partial charge in [-0.15, -0.1) is 0 Å². The summed E-state index contributed by atoms with van der Waals surface area (Å²) in [5.74, 6) is 6.70. The van der Waals surface area contributed by atoms with Crippen LogP contribution in [0.5, 0.6) is 5.75 Å². The standard InChI is InChI=1S/C15H24N2O2/c1-3-19-15(10-6-7-11-15)14(17-16)12-8-4-5-9-13(12)18-2/h4-5,8-9,14,17H,3,6-7,10-11,16H2,1-2H3. The molecule has 1 aromatic carbocycles. The third-order valence-electron chi connectivity index (χ3n) is 4.02. The number of nitrogens with one attached hydrogen (secondary N) is 1. The van der Waals surface area contributed by atoms with E-state index in [1.807, 2.05) is 25.1 Å². The first-order chi connectivity index (χ1) is 9.27. The molecule has 1 unspecified atom stereocenters. The van der Waals surface area contributed by atoms with Gasteiger partial charge in [-0.25, -0.2) is 5.43 Å². The van der Waals surface area contributed by atoms with E-state index in [0.717, 1.165) is 24.2 Å². The van der Waals surface area contributed by atoms with Crippen LogP contribution in [-0.2, 0) is 4.74 Å². The van der Waals surface area contributed by atoms with E-state index in [0.29, 0.717) is 6.61 Å². The van der Waals surface area contributed by atoms with Gasteiger partial charge in [0, 0.05) is 12.2 Å². The van der Waals surface area contributed by atoms with Crippen molar-refractivity contribution in [3.05, 3.63) is 29.8 Å². The van der Waals surface area contributed by atoms with Crippen LogP contribution in [0.2, 0.25) is 0 Å². The second-order valence-corrected chi connectivity index (χ2v) is 5.05. The zero-order valence-electron chi connectivity index (χ0n) is 11.8. The first-order valence-corrected chi connectivity index (χ1v) is 7.00. The Morgan fingerprint density at radius 3 is 2.58 bits per heavy atom. The maximum absolute atomic E-state index is 6.10. The fourth-order valence-corrected chi connectivity index (χ4v) is 3.21. The maximum Gasteiger partial charge on any atom is 0.123 e. The van der Waals surface area contributed by atoms with Gasteiger partial charge in [-0.1, -0.05) is 31.0 Å². The average molecular weight is 264 g/mol. The summed E-state index contributed by atoms with van der Waals surface area (Å²) in [6.07, 6.45) is 4.45. The fourth-order valence-electron chi connectivity index (χ4n) is 3.21. The summed E-state index contributed by atoms with van der Waals surface area (Å²) in [7, 11) is 1.69. The molecule has 106 valence electrons. The summed E-state index contributed by atoms with van der Waals surface area (Å²) in [5, 5.41) is 0. The van der Waals surface area contributed by atoms with E-state index in [1.54, 1.807) is 7.11 Å². The Kier molecular flexibility index (Phi) is 4.80. The Balaban J connectivity index is 2.37. The lowest BCUT2D eigenvalue weighted by atomic mass is 9.86. The molecule has 19 heavy (non-hydrogen) atoms. The van der Waals surface area contributed by atoms with Crippen molar-refractivity contribution in [3.8, 4) is 5.75 Å². The predicted octanol–water partition coefficient (Wildman–Crippen LogP) is 2.55. The number of methoxy groups -OCH3 is 1. The van der Waals surface area contributed by atoms with Crippen molar-refractivity contribution >= 4 is 0 Å². The number of para-hydroxylation sites is 1. The third-order valence-corrected chi connectivity index (χ3v) is 4.02. The summed E-state index contributed by atoms with van der Waals surface area (Å²) < 4.78 is 11.6. The van der Waals surface area contributed by atoms with E-state index in [2.05, 4.69) is 11.5 Å². The molecule has 2 rings (SSSR count). The molecule has 0 heterocycles. The summed E-state index contributed by atoms with van der Waals surface area (Å²) in [6.45, 7) is 2.74. The van der Waals surface area contributed by atoms with Gasteiger partial charge in [-0.05, 0) is 25.8 Å². The summed E-state index contributed by atoms with van der Waals surface area (Å²) >= 11 is 0. The molecular formula is C15H24N2O2. The minimum absolute atomic E-state index is 0.0360. The third kappa shape index (κ3) is 2.76. The average Bonchev–Trinajstić information content (AvgIpc) is 2.90. The van der Waals surface area contributed by atoms with Crippen molar-refractivity contribution < 1.29 is 9.47 Å². The van der Waals surface area contributed by atoms with Crippen LogP contribution in [-0.4, -0.2) is 19.3 Å². The van der Waals surface area contributed by atoms with Crippen molar-refractivity contribution in [3.63, 3.8) is 0 Å². The number of ether oxygens (including phenoxy) is 2. The molecule has 1 fully saturated rings. The number of rotatable bonds is 6. The molecular weight excluding hydrogens is 240 g/mol. The number of benzene rings is 1. The van der Waals surface area contributed by atoms with Crippen LogP contribution in [0.25, 0.3) is 0 Å². The fraction of sp³-hybridized carbons (Fsp3) is 0.600. The van der Waals surface area contributed by atoms with Crippen LogP contribution in [0, 0.1) is 0 Å². The van der Waals surface area contributed by atoms with Gasteiger partial charge in [0.2, 0.25) is 0 Å². The van der Waals surface area contributed by atoms with Gasteiger partial charge in [0.25, 0.3) is 0 Å². The van der Waals surface area contributed by atoms with Gasteiger partial charge in [-0.3, -0.25) is 5.84 Å². The molecule has 3 N–H and O–H groups in total. The predicted molar refractivity (Wildman–Crippen MR) is 75.9 cm³/mol. The molecule has 1 aromatic rings. The molecule has 1 saturated carbocycles. The number of hydrazine groups is 1. The zero-order valence-corrected chi connectivity index (χ0v) is 11.8. The smallest absolute Gasteiger partial charge is 0.123 e. The molecule has 4 nitrogen and oxygen atoms in total. The van der Waals surface area contributed by atoms with Gasteiger partial charge in [0.05, 0.1) is 18.8 Å². The molecule has 4 heteroatoms. The highest BCUT2D eigenvalue weighted by Gasteiger charge is 2.43. The molecule has 0 bridgehead atoms. The molecule has 1 aliphatic carbocycles. The quantitative estimate of drug-likeness (QED) is 0.612. The van der Waals surface area contributed by atoms with E-state index in [9.17, 15) is 0 Å². The maximum atomic E-state index is 6.10. The van der Waals surface area contributed by atoms with Crippen LogP contribution < -0.4 is 16.0 Å². The number of hydrogen-bond acceptors (Lipinski definition) is 4. The topological polar surface area (TPSA) is 56.5 Å². The van der Waals surface area contributed by atoms with Crippen molar-refractivity contribution in [2.75, 3.05) is 13.7 Å². The molecule has 0 aromatic heterocycles. The van der Waals surface area contributed by atoms with Crippen LogP contribution in [0.15, 0.2) is 24.3 Å².